The Morgan fingerprint density at radius 3 is 2.31 bits per heavy atom. The summed E-state index contributed by atoms with van der Waals surface area (Å²) in [5.41, 5.74) is 1.06. The van der Waals surface area contributed by atoms with E-state index in [4.69, 9.17) is 4.74 Å². The first-order chi connectivity index (χ1) is 15.4. The van der Waals surface area contributed by atoms with Gasteiger partial charge in [-0.2, -0.15) is 0 Å². The minimum Gasteiger partial charge on any atom is -0.488 e. The zero-order valence-electron chi connectivity index (χ0n) is 17.2. The fourth-order valence-corrected chi connectivity index (χ4v) is 3.92. The second kappa shape index (κ2) is 10.7. The second-order valence-corrected chi connectivity index (χ2v) is 8.61. The molecule has 3 rings (SSSR count). The number of ether oxygens (including phenoxy) is 1. The van der Waals surface area contributed by atoms with E-state index in [0.717, 1.165) is 5.56 Å². The van der Waals surface area contributed by atoms with E-state index in [2.05, 4.69) is 16.6 Å². The lowest BCUT2D eigenvalue weighted by atomic mass is 10.1. The van der Waals surface area contributed by atoms with Crippen molar-refractivity contribution in [2.75, 3.05) is 13.2 Å². The van der Waals surface area contributed by atoms with E-state index < -0.39 is 27.8 Å². The molecule has 3 aromatic rings. The summed E-state index contributed by atoms with van der Waals surface area (Å²) >= 11 is 0. The predicted molar refractivity (Wildman–Crippen MR) is 120 cm³/mol. The number of hydrogen-bond donors (Lipinski definition) is 2. The van der Waals surface area contributed by atoms with Gasteiger partial charge in [0, 0.05) is 12.1 Å². The van der Waals surface area contributed by atoms with Crippen LogP contribution in [-0.4, -0.2) is 27.5 Å². The van der Waals surface area contributed by atoms with Crippen LogP contribution in [0, 0.1) is 5.82 Å². The quantitative estimate of drug-likeness (QED) is 0.456. The van der Waals surface area contributed by atoms with E-state index in [1.165, 1.54) is 42.5 Å². The molecule has 0 saturated carbocycles. The molecule has 3 aromatic carbocycles. The Bertz CT molecular complexity index is 1170. The number of sulfonamides is 1. The highest BCUT2D eigenvalue weighted by atomic mass is 32.2. The monoisotopic (exact) mass is 454 g/mol. The van der Waals surface area contributed by atoms with E-state index in [1.807, 2.05) is 30.3 Å². The van der Waals surface area contributed by atoms with Crippen molar-refractivity contribution in [1.29, 1.82) is 0 Å². The van der Waals surface area contributed by atoms with Crippen LogP contribution in [0.4, 0.5) is 4.39 Å². The largest absolute Gasteiger partial charge is 0.488 e. The van der Waals surface area contributed by atoms with Gasteiger partial charge < -0.3 is 10.1 Å². The molecule has 0 fully saturated rings. The molecule has 0 spiro atoms. The minimum absolute atomic E-state index is 0.00855. The number of benzene rings is 3. The highest BCUT2D eigenvalue weighted by Crippen LogP contribution is 2.20. The van der Waals surface area contributed by atoms with Crippen molar-refractivity contribution in [3.05, 3.63) is 108 Å². The summed E-state index contributed by atoms with van der Waals surface area (Å²) < 4.78 is 46.2. The highest BCUT2D eigenvalue weighted by Gasteiger charge is 2.19. The molecule has 1 amide bonds. The Labute approximate surface area is 186 Å². The summed E-state index contributed by atoms with van der Waals surface area (Å²) in [5, 5.41) is 2.87. The van der Waals surface area contributed by atoms with Gasteiger partial charge in [-0.05, 0) is 42.0 Å². The van der Waals surface area contributed by atoms with Gasteiger partial charge in [0.1, 0.15) is 6.61 Å². The van der Waals surface area contributed by atoms with Gasteiger partial charge in [0.2, 0.25) is 10.0 Å². The highest BCUT2D eigenvalue weighted by molar-refractivity contribution is 7.89. The van der Waals surface area contributed by atoms with Gasteiger partial charge in [-0.1, -0.05) is 48.5 Å². The molecule has 0 heterocycles. The van der Waals surface area contributed by atoms with Crippen molar-refractivity contribution in [3.8, 4) is 5.75 Å². The Balaban J connectivity index is 1.75. The summed E-state index contributed by atoms with van der Waals surface area (Å²) in [4.78, 5) is 12.9. The summed E-state index contributed by atoms with van der Waals surface area (Å²) in [7, 11) is -3.68. The fraction of sp³-hybridized carbons (Fsp3) is 0.125. The van der Waals surface area contributed by atoms with Gasteiger partial charge in [-0.15, -0.1) is 6.58 Å². The van der Waals surface area contributed by atoms with Crippen molar-refractivity contribution in [3.63, 3.8) is 0 Å². The number of halogens is 1. The number of nitrogens with one attached hydrogen (secondary N) is 2. The molecule has 0 bridgehead atoms. The molecule has 166 valence electrons. The van der Waals surface area contributed by atoms with E-state index in [9.17, 15) is 17.6 Å². The summed E-state index contributed by atoms with van der Waals surface area (Å²) in [6.07, 6.45) is 1.44. The molecule has 0 aliphatic carbocycles. The summed E-state index contributed by atoms with van der Waals surface area (Å²) in [6.45, 7) is 3.59. The van der Waals surface area contributed by atoms with Crippen molar-refractivity contribution >= 4 is 15.9 Å². The van der Waals surface area contributed by atoms with Crippen LogP contribution in [-0.2, 0) is 10.0 Å². The minimum atomic E-state index is -3.68. The summed E-state index contributed by atoms with van der Waals surface area (Å²) in [5.74, 6) is -0.823. The van der Waals surface area contributed by atoms with Crippen LogP contribution in [0.5, 0.6) is 5.75 Å². The number of para-hydroxylation sites is 1. The van der Waals surface area contributed by atoms with Gasteiger partial charge in [-0.3, -0.25) is 4.79 Å². The standard InChI is InChI=1S/C24H23FN2O4S/c1-2-16-26-32(29,30)20-14-12-19(13-15-20)24(28)27-22(18-8-4-3-5-9-18)17-31-23-11-7-6-10-21(23)25/h2-15,22,26H,1,16-17H2,(H,27,28). The molecule has 0 radical (unpaired) electrons. The SMILES string of the molecule is C=CCNS(=O)(=O)c1ccc(C(=O)NC(COc2ccccc2F)c2ccccc2)cc1. The normalized spacial score (nSPS) is 12.0. The lowest BCUT2D eigenvalue weighted by Crippen LogP contribution is -2.32. The topological polar surface area (TPSA) is 84.5 Å². The van der Waals surface area contributed by atoms with Gasteiger partial charge in [0.25, 0.3) is 5.91 Å². The first-order valence-corrected chi connectivity index (χ1v) is 11.3. The lowest BCUT2D eigenvalue weighted by Gasteiger charge is -2.20. The average Bonchev–Trinajstić information content (AvgIpc) is 2.82. The number of rotatable bonds is 10. The van der Waals surface area contributed by atoms with Crippen LogP contribution in [0.1, 0.15) is 22.0 Å². The van der Waals surface area contributed by atoms with Crippen LogP contribution in [0.2, 0.25) is 0 Å². The molecule has 32 heavy (non-hydrogen) atoms. The third-order valence-electron chi connectivity index (χ3n) is 4.59. The molecule has 2 N–H and O–H groups in total. The van der Waals surface area contributed by atoms with E-state index in [0.29, 0.717) is 0 Å². The van der Waals surface area contributed by atoms with Crippen LogP contribution >= 0.6 is 0 Å². The van der Waals surface area contributed by atoms with Gasteiger partial charge in [0.05, 0.1) is 10.9 Å². The maximum absolute atomic E-state index is 13.9. The smallest absolute Gasteiger partial charge is 0.251 e. The van der Waals surface area contributed by atoms with Crippen molar-refractivity contribution in [2.45, 2.75) is 10.9 Å². The molecule has 0 aromatic heterocycles. The number of carbonyl (C=O) groups excluding carboxylic acids is 1. The van der Waals surface area contributed by atoms with Crippen molar-refractivity contribution in [2.24, 2.45) is 0 Å². The summed E-state index contributed by atoms with van der Waals surface area (Å²) in [6, 6.07) is 20.2. The maximum atomic E-state index is 13.9. The zero-order valence-corrected chi connectivity index (χ0v) is 18.0. The molecule has 0 aliphatic rings. The van der Waals surface area contributed by atoms with Crippen LogP contribution in [0.3, 0.4) is 0 Å². The number of carbonyl (C=O) groups is 1. The van der Waals surface area contributed by atoms with Crippen LogP contribution in [0.15, 0.2) is 96.4 Å². The maximum Gasteiger partial charge on any atom is 0.251 e. The van der Waals surface area contributed by atoms with Crippen LogP contribution < -0.4 is 14.8 Å². The molecule has 1 unspecified atom stereocenters. The van der Waals surface area contributed by atoms with Gasteiger partial charge in [-0.25, -0.2) is 17.5 Å². The zero-order chi connectivity index (χ0) is 23.0. The Hall–Kier alpha value is -3.49. The third-order valence-corrected chi connectivity index (χ3v) is 6.03. The molecule has 0 aliphatic heterocycles. The average molecular weight is 455 g/mol. The number of amides is 1. The molecule has 1 atom stereocenters. The number of hydrogen-bond acceptors (Lipinski definition) is 4. The van der Waals surface area contributed by atoms with Crippen molar-refractivity contribution in [1.82, 2.24) is 10.0 Å². The fourth-order valence-electron chi connectivity index (χ4n) is 2.92. The molecular formula is C24H23FN2O4S. The molecule has 6 nitrogen and oxygen atoms in total. The van der Waals surface area contributed by atoms with Gasteiger partial charge in [0.15, 0.2) is 11.6 Å². The van der Waals surface area contributed by atoms with E-state index >= 15 is 0 Å². The lowest BCUT2D eigenvalue weighted by molar-refractivity contribution is 0.0920. The third kappa shape index (κ3) is 6.03. The Morgan fingerprint density at radius 2 is 1.66 bits per heavy atom. The van der Waals surface area contributed by atoms with E-state index in [1.54, 1.807) is 12.1 Å². The Morgan fingerprint density at radius 1 is 1.00 bits per heavy atom. The first kappa shape index (κ1) is 23.2. The molecular weight excluding hydrogens is 431 g/mol. The Kier molecular flexibility index (Phi) is 7.75. The van der Waals surface area contributed by atoms with E-state index in [-0.39, 0.29) is 29.4 Å². The molecule has 8 heteroatoms. The van der Waals surface area contributed by atoms with Crippen molar-refractivity contribution < 1.29 is 22.3 Å². The predicted octanol–water partition coefficient (Wildman–Crippen LogP) is 3.84. The van der Waals surface area contributed by atoms with Crippen LogP contribution in [0.25, 0.3) is 0 Å². The first-order valence-electron chi connectivity index (χ1n) is 9.84. The second-order valence-electron chi connectivity index (χ2n) is 6.84. The van der Waals surface area contributed by atoms with Gasteiger partial charge >= 0.3 is 0 Å². The molecule has 0 saturated heterocycles.